The summed E-state index contributed by atoms with van der Waals surface area (Å²) in [6, 6.07) is 15.5. The summed E-state index contributed by atoms with van der Waals surface area (Å²) in [5.41, 5.74) is 1.35. The molecule has 0 saturated heterocycles. The number of ether oxygens (including phenoxy) is 1. The van der Waals surface area contributed by atoms with E-state index in [1.54, 1.807) is 42.5 Å². The number of hydrogen-bond acceptors (Lipinski definition) is 8. The van der Waals surface area contributed by atoms with Gasteiger partial charge in [0.1, 0.15) is 11.3 Å². The lowest BCUT2D eigenvalue weighted by Gasteiger charge is -2.28. The number of aliphatic hydroxyl groups is 1. The summed E-state index contributed by atoms with van der Waals surface area (Å²) < 4.78 is 5.86. The second kappa shape index (κ2) is 10.0. The molecule has 1 heterocycles. The molecule has 0 radical (unpaired) electrons. The molecule has 216 valence electrons. The molecule has 0 spiro atoms. The Morgan fingerprint density at radius 1 is 0.952 bits per heavy atom. The van der Waals surface area contributed by atoms with Crippen LogP contribution in [0.15, 0.2) is 60.7 Å². The van der Waals surface area contributed by atoms with Gasteiger partial charge in [0.25, 0.3) is 5.69 Å². The molecule has 0 bridgehead atoms. The Balaban J connectivity index is 1.54. The molecule has 42 heavy (non-hydrogen) atoms. The van der Waals surface area contributed by atoms with Crippen molar-refractivity contribution in [2.45, 2.75) is 64.4 Å². The van der Waals surface area contributed by atoms with E-state index in [2.05, 4.69) is 4.98 Å². The fourth-order valence-corrected chi connectivity index (χ4v) is 5.36. The number of para-hydroxylation sites is 1. The molecule has 1 aliphatic carbocycles. The maximum atomic E-state index is 13.5. The van der Waals surface area contributed by atoms with Crippen LogP contribution in [0.3, 0.4) is 0 Å². The van der Waals surface area contributed by atoms with Crippen LogP contribution in [0.1, 0.15) is 96.7 Å². The summed E-state index contributed by atoms with van der Waals surface area (Å²) in [4.78, 5) is 42.1. The van der Waals surface area contributed by atoms with Crippen molar-refractivity contribution in [3.63, 3.8) is 0 Å². The van der Waals surface area contributed by atoms with Crippen LogP contribution in [-0.4, -0.2) is 31.9 Å². The first-order valence-electron chi connectivity index (χ1n) is 13.6. The van der Waals surface area contributed by atoms with Crippen LogP contribution >= 0.6 is 0 Å². The molecule has 0 fully saturated rings. The number of pyridine rings is 1. The molecule has 3 aromatic carbocycles. The quantitative estimate of drug-likeness (QED) is 0.120. The molecule has 2 N–H and O–H groups in total. The van der Waals surface area contributed by atoms with Gasteiger partial charge in [-0.1, -0.05) is 59.7 Å². The first-order chi connectivity index (χ1) is 19.6. The third kappa shape index (κ3) is 5.00. The largest absolute Gasteiger partial charge is 0.507 e. The van der Waals surface area contributed by atoms with Crippen molar-refractivity contribution in [1.82, 2.24) is 4.98 Å². The van der Waals surface area contributed by atoms with E-state index in [0.29, 0.717) is 22.0 Å². The number of carbonyl (C=O) groups is 2. The van der Waals surface area contributed by atoms with E-state index in [1.165, 1.54) is 18.2 Å². The molecule has 1 aliphatic rings. The third-order valence-electron chi connectivity index (χ3n) is 7.62. The van der Waals surface area contributed by atoms with E-state index < -0.39 is 39.5 Å². The molecule has 0 saturated carbocycles. The summed E-state index contributed by atoms with van der Waals surface area (Å²) in [6.45, 7) is 11.7. The summed E-state index contributed by atoms with van der Waals surface area (Å²) in [7, 11) is 0. The van der Waals surface area contributed by atoms with Crippen molar-refractivity contribution < 1.29 is 29.5 Å². The topological polar surface area (TPSA) is 140 Å². The molecule has 2 unspecified atom stereocenters. The van der Waals surface area contributed by atoms with Crippen molar-refractivity contribution in [1.29, 1.82) is 0 Å². The van der Waals surface area contributed by atoms with Crippen LogP contribution in [-0.2, 0) is 10.8 Å². The Bertz CT molecular complexity index is 1740. The Morgan fingerprint density at radius 3 is 2.19 bits per heavy atom. The molecule has 2 atom stereocenters. The molecule has 0 amide bonds. The van der Waals surface area contributed by atoms with Crippen LogP contribution in [0.4, 0.5) is 5.69 Å². The van der Waals surface area contributed by atoms with E-state index in [4.69, 9.17) is 4.74 Å². The highest BCUT2D eigenvalue weighted by atomic mass is 16.6. The molecule has 5 rings (SSSR count). The average molecular weight is 569 g/mol. The normalized spacial score (nSPS) is 16.9. The minimum Gasteiger partial charge on any atom is -0.507 e. The smallest absolute Gasteiger partial charge is 0.343 e. The Kier molecular flexibility index (Phi) is 6.89. The average Bonchev–Trinajstić information content (AvgIpc) is 3.16. The molecule has 9 nitrogen and oxygen atoms in total. The van der Waals surface area contributed by atoms with Gasteiger partial charge in [-0.3, -0.25) is 14.9 Å². The zero-order chi connectivity index (χ0) is 30.7. The molecule has 1 aromatic heterocycles. The number of ketones is 1. The summed E-state index contributed by atoms with van der Waals surface area (Å²) in [5.74, 6) is -1.80. The van der Waals surface area contributed by atoms with E-state index in [-0.39, 0.29) is 39.6 Å². The number of phenolic OH excluding ortho intramolecular Hbond substituents is 1. The van der Waals surface area contributed by atoms with Crippen molar-refractivity contribution in [2.75, 3.05) is 0 Å². The number of Topliss-reactive ketones (excluding diaryl/α,β-unsaturated/α-hetero) is 1. The zero-order valence-electron chi connectivity index (χ0n) is 24.3. The van der Waals surface area contributed by atoms with Gasteiger partial charge in [0.2, 0.25) is 0 Å². The number of aromatic nitrogens is 1. The summed E-state index contributed by atoms with van der Waals surface area (Å²) >= 11 is 0. The van der Waals surface area contributed by atoms with Crippen molar-refractivity contribution in [3.05, 3.63) is 104 Å². The Morgan fingerprint density at radius 2 is 1.60 bits per heavy atom. The zero-order valence-corrected chi connectivity index (χ0v) is 24.3. The number of carbonyl (C=O) groups excluding carboxylic acids is 2. The number of nitro groups is 1. The maximum Gasteiger partial charge on any atom is 0.343 e. The fourth-order valence-electron chi connectivity index (χ4n) is 5.36. The predicted octanol–water partition coefficient (Wildman–Crippen LogP) is 6.68. The van der Waals surface area contributed by atoms with Gasteiger partial charge < -0.3 is 14.9 Å². The maximum absolute atomic E-state index is 13.5. The molecular formula is C33H32N2O7. The second-order valence-corrected chi connectivity index (χ2v) is 12.7. The second-order valence-electron chi connectivity index (χ2n) is 12.7. The Labute approximate surface area is 242 Å². The molecule has 4 aromatic rings. The number of phenols is 1. The molecule has 0 aliphatic heterocycles. The number of benzene rings is 3. The van der Waals surface area contributed by atoms with Crippen LogP contribution < -0.4 is 4.74 Å². The van der Waals surface area contributed by atoms with Gasteiger partial charge >= 0.3 is 5.97 Å². The highest BCUT2D eigenvalue weighted by Gasteiger charge is 2.41. The third-order valence-corrected chi connectivity index (χ3v) is 7.62. The van der Waals surface area contributed by atoms with Gasteiger partial charge in [-0.25, -0.2) is 9.78 Å². The molecule has 9 heteroatoms. The number of aromatic hydroxyl groups is 1. The van der Waals surface area contributed by atoms with Gasteiger partial charge in [0.05, 0.1) is 28.2 Å². The number of rotatable bonds is 4. The van der Waals surface area contributed by atoms with Crippen LogP contribution in [0, 0.1) is 10.1 Å². The predicted molar refractivity (Wildman–Crippen MR) is 157 cm³/mol. The van der Waals surface area contributed by atoms with Crippen molar-refractivity contribution >= 4 is 28.3 Å². The lowest BCUT2D eigenvalue weighted by atomic mass is 9.78. The highest BCUT2D eigenvalue weighted by Crippen LogP contribution is 2.44. The SMILES string of the molecule is CC(C)(C)c1cc(C(=O)Oc2cccc3ccc(C4C(=O)c5ccc([N+](=O)[O-])cc5C4O)nc23)cc(C(C)(C)C)c1O. The number of nitrogens with zero attached hydrogens (tertiary/aromatic N) is 2. The van der Waals surface area contributed by atoms with Gasteiger partial charge in [-0.2, -0.15) is 0 Å². The minimum atomic E-state index is -1.32. The number of aliphatic hydroxyl groups excluding tert-OH is 1. The van der Waals surface area contributed by atoms with E-state index in [0.717, 1.165) is 0 Å². The fraction of sp³-hybridized carbons (Fsp3) is 0.303. The number of hydrogen-bond donors (Lipinski definition) is 2. The number of non-ortho nitro benzene ring substituents is 1. The standard InChI is InChI=1S/C33H32N2O7/c1-32(2,3)22-14-18(15-23(30(22)38)33(4,5)6)31(39)42-25-9-7-8-17-10-13-24(34-27(17)25)26-28(36)20-12-11-19(35(40)41)16-21(20)29(26)37/h7-16,26,29,37-38H,1-6H3. The highest BCUT2D eigenvalue weighted by molar-refractivity contribution is 6.06. The van der Waals surface area contributed by atoms with Gasteiger partial charge in [0, 0.05) is 34.2 Å². The van der Waals surface area contributed by atoms with Crippen LogP contribution in [0.5, 0.6) is 11.5 Å². The number of nitro benzene ring substituents is 1. The van der Waals surface area contributed by atoms with E-state index in [9.17, 15) is 29.9 Å². The lowest BCUT2D eigenvalue weighted by molar-refractivity contribution is -0.385. The van der Waals surface area contributed by atoms with Crippen LogP contribution in [0.2, 0.25) is 0 Å². The minimum absolute atomic E-state index is 0.147. The van der Waals surface area contributed by atoms with Crippen molar-refractivity contribution in [2.24, 2.45) is 0 Å². The number of esters is 1. The van der Waals surface area contributed by atoms with E-state index >= 15 is 0 Å². The first kappa shape index (κ1) is 28.9. The van der Waals surface area contributed by atoms with Gasteiger partial charge in [-0.15, -0.1) is 0 Å². The summed E-state index contributed by atoms with van der Waals surface area (Å²) in [6.07, 6.45) is -1.32. The van der Waals surface area contributed by atoms with Crippen molar-refractivity contribution in [3.8, 4) is 11.5 Å². The van der Waals surface area contributed by atoms with Gasteiger partial charge in [0.15, 0.2) is 11.5 Å². The Hall–Kier alpha value is -4.63. The van der Waals surface area contributed by atoms with E-state index in [1.807, 2.05) is 41.5 Å². The van der Waals surface area contributed by atoms with Crippen LogP contribution in [0.25, 0.3) is 10.9 Å². The summed E-state index contributed by atoms with van der Waals surface area (Å²) in [5, 5.41) is 33.9. The monoisotopic (exact) mass is 568 g/mol. The lowest BCUT2D eigenvalue weighted by Crippen LogP contribution is -2.20. The first-order valence-corrected chi connectivity index (χ1v) is 13.6. The van der Waals surface area contributed by atoms with Gasteiger partial charge in [-0.05, 0) is 46.7 Å². The molecular weight excluding hydrogens is 536 g/mol. The number of fused-ring (bicyclic) bond motifs is 2.